The minimum absolute atomic E-state index is 0.581. The predicted molar refractivity (Wildman–Crippen MR) is 103 cm³/mol. The van der Waals surface area contributed by atoms with Crippen LogP contribution in [-0.4, -0.2) is 11.9 Å². The summed E-state index contributed by atoms with van der Waals surface area (Å²) in [7, 11) is 0. The Bertz CT molecular complexity index is 737. The van der Waals surface area contributed by atoms with Gasteiger partial charge in [0.25, 0.3) is 0 Å². The van der Waals surface area contributed by atoms with Gasteiger partial charge in [0.05, 0.1) is 5.56 Å². The molecule has 0 saturated carbocycles. The molecule has 0 saturated heterocycles. The molecular formula is C19H18BrF3N2. The standard InChI is InChI=1S/C19H18BrF3N2/c1-2-14-13-17(24-12-4-3-11-20)9-10-18(14)25-16-7-5-15(6-8-16)19(21,22)23/h2-10,13,24-25H,1,11-12H2/b4-3+. The molecule has 132 valence electrons. The van der Waals surface area contributed by atoms with Gasteiger partial charge in [-0.3, -0.25) is 0 Å². The van der Waals surface area contributed by atoms with Crippen LogP contribution in [0.3, 0.4) is 0 Å². The van der Waals surface area contributed by atoms with Crippen LogP contribution < -0.4 is 10.6 Å². The number of rotatable bonds is 7. The molecule has 0 spiro atoms. The molecule has 0 amide bonds. The Kier molecular flexibility index (Phi) is 6.70. The van der Waals surface area contributed by atoms with Crippen molar-refractivity contribution >= 4 is 39.1 Å². The minimum atomic E-state index is -4.33. The van der Waals surface area contributed by atoms with Crippen LogP contribution >= 0.6 is 15.9 Å². The number of halogens is 4. The highest BCUT2D eigenvalue weighted by Gasteiger charge is 2.29. The number of hydrogen-bond acceptors (Lipinski definition) is 2. The number of nitrogens with one attached hydrogen (secondary N) is 2. The third-order valence-electron chi connectivity index (χ3n) is 3.44. The van der Waals surface area contributed by atoms with Gasteiger partial charge in [-0.05, 0) is 48.0 Å². The van der Waals surface area contributed by atoms with Crippen molar-refractivity contribution < 1.29 is 13.2 Å². The van der Waals surface area contributed by atoms with E-state index in [1.807, 2.05) is 30.4 Å². The summed E-state index contributed by atoms with van der Waals surface area (Å²) in [4.78, 5) is 0. The highest BCUT2D eigenvalue weighted by Crippen LogP contribution is 2.31. The second-order valence-electron chi connectivity index (χ2n) is 5.21. The summed E-state index contributed by atoms with van der Waals surface area (Å²) in [6.07, 6.45) is 1.38. The van der Waals surface area contributed by atoms with Gasteiger partial charge in [0.1, 0.15) is 0 Å². The first-order valence-electron chi connectivity index (χ1n) is 7.59. The summed E-state index contributed by atoms with van der Waals surface area (Å²) in [6, 6.07) is 10.6. The molecule has 0 aliphatic heterocycles. The second kappa shape index (κ2) is 8.76. The molecule has 6 heteroatoms. The van der Waals surface area contributed by atoms with Crippen LogP contribution in [0.2, 0.25) is 0 Å². The van der Waals surface area contributed by atoms with E-state index in [2.05, 4.69) is 33.1 Å². The molecule has 2 nitrogen and oxygen atoms in total. The van der Waals surface area contributed by atoms with Gasteiger partial charge in [-0.15, -0.1) is 0 Å². The molecule has 0 aliphatic carbocycles. The van der Waals surface area contributed by atoms with E-state index in [-0.39, 0.29) is 0 Å². The van der Waals surface area contributed by atoms with Crippen LogP contribution in [0.5, 0.6) is 0 Å². The van der Waals surface area contributed by atoms with Crippen molar-refractivity contribution in [2.45, 2.75) is 6.18 Å². The van der Waals surface area contributed by atoms with Crippen LogP contribution in [0.25, 0.3) is 6.08 Å². The zero-order valence-corrected chi connectivity index (χ0v) is 15.0. The largest absolute Gasteiger partial charge is 0.416 e. The summed E-state index contributed by atoms with van der Waals surface area (Å²) >= 11 is 3.32. The number of allylic oxidation sites excluding steroid dienone is 1. The van der Waals surface area contributed by atoms with Crippen LogP contribution in [0, 0.1) is 0 Å². The lowest BCUT2D eigenvalue weighted by Gasteiger charge is -2.13. The van der Waals surface area contributed by atoms with Gasteiger partial charge in [-0.25, -0.2) is 0 Å². The summed E-state index contributed by atoms with van der Waals surface area (Å²) in [5, 5.41) is 7.19. The normalized spacial score (nSPS) is 11.5. The van der Waals surface area contributed by atoms with Crippen LogP contribution in [0.15, 0.2) is 61.2 Å². The van der Waals surface area contributed by atoms with Crippen molar-refractivity contribution in [1.29, 1.82) is 0 Å². The van der Waals surface area contributed by atoms with E-state index in [0.29, 0.717) is 12.2 Å². The lowest BCUT2D eigenvalue weighted by molar-refractivity contribution is -0.137. The van der Waals surface area contributed by atoms with Gasteiger partial charge in [0.15, 0.2) is 0 Å². The highest BCUT2D eigenvalue weighted by molar-refractivity contribution is 9.09. The quantitative estimate of drug-likeness (QED) is 0.404. The molecule has 0 unspecified atom stereocenters. The van der Waals surface area contributed by atoms with Crippen LogP contribution in [0.4, 0.5) is 30.2 Å². The van der Waals surface area contributed by atoms with Gasteiger partial charge in [-0.2, -0.15) is 13.2 Å². The molecule has 0 bridgehead atoms. The average molecular weight is 411 g/mol. The lowest BCUT2D eigenvalue weighted by Crippen LogP contribution is -2.04. The predicted octanol–water partition coefficient (Wildman–Crippen LogP) is 6.46. The van der Waals surface area contributed by atoms with E-state index < -0.39 is 11.7 Å². The van der Waals surface area contributed by atoms with Crippen molar-refractivity contribution in [2.75, 3.05) is 22.5 Å². The maximum Gasteiger partial charge on any atom is 0.416 e. The van der Waals surface area contributed by atoms with E-state index in [0.717, 1.165) is 34.4 Å². The molecule has 2 aromatic carbocycles. The van der Waals surface area contributed by atoms with Crippen molar-refractivity contribution in [3.63, 3.8) is 0 Å². The Morgan fingerprint density at radius 1 is 1.00 bits per heavy atom. The van der Waals surface area contributed by atoms with Crippen LogP contribution in [0.1, 0.15) is 11.1 Å². The first kappa shape index (κ1) is 19.1. The van der Waals surface area contributed by atoms with E-state index in [4.69, 9.17) is 0 Å². The smallest absolute Gasteiger partial charge is 0.382 e. The average Bonchev–Trinajstić information content (AvgIpc) is 2.59. The van der Waals surface area contributed by atoms with Crippen molar-refractivity contribution in [3.8, 4) is 0 Å². The van der Waals surface area contributed by atoms with Gasteiger partial charge < -0.3 is 10.6 Å². The maximum absolute atomic E-state index is 12.6. The van der Waals surface area contributed by atoms with Crippen molar-refractivity contribution in [2.24, 2.45) is 0 Å². The van der Waals surface area contributed by atoms with Gasteiger partial charge in [0, 0.05) is 28.9 Å². The maximum atomic E-state index is 12.6. The first-order valence-corrected chi connectivity index (χ1v) is 8.72. The molecule has 2 N–H and O–H groups in total. The molecule has 2 aromatic rings. The number of anilines is 3. The Labute approximate surface area is 153 Å². The van der Waals surface area contributed by atoms with Gasteiger partial charge in [-0.1, -0.05) is 40.7 Å². The molecule has 0 aromatic heterocycles. The molecule has 0 atom stereocenters. The Hall–Kier alpha value is -2.21. The molecule has 25 heavy (non-hydrogen) atoms. The van der Waals surface area contributed by atoms with E-state index >= 15 is 0 Å². The van der Waals surface area contributed by atoms with Crippen molar-refractivity contribution in [3.05, 3.63) is 72.3 Å². The van der Waals surface area contributed by atoms with E-state index in [1.165, 1.54) is 12.1 Å². The SMILES string of the molecule is C=Cc1cc(NC/C=C/CBr)ccc1Nc1ccc(C(F)(F)F)cc1. The highest BCUT2D eigenvalue weighted by atomic mass is 79.9. The Morgan fingerprint density at radius 2 is 1.68 bits per heavy atom. The number of benzene rings is 2. The lowest BCUT2D eigenvalue weighted by atomic mass is 10.1. The molecule has 0 aliphatic rings. The fourth-order valence-electron chi connectivity index (χ4n) is 2.18. The Balaban J connectivity index is 2.11. The molecule has 0 heterocycles. The summed E-state index contributed by atoms with van der Waals surface area (Å²) in [5.74, 6) is 0. The molecule has 0 radical (unpaired) electrons. The Morgan fingerprint density at radius 3 is 2.28 bits per heavy atom. The second-order valence-corrected chi connectivity index (χ2v) is 5.86. The van der Waals surface area contributed by atoms with Crippen LogP contribution in [-0.2, 0) is 6.18 Å². The summed E-state index contributed by atoms with van der Waals surface area (Å²) < 4.78 is 37.8. The first-order chi connectivity index (χ1) is 11.9. The molecule has 2 rings (SSSR count). The van der Waals surface area contributed by atoms with Gasteiger partial charge in [0.2, 0.25) is 0 Å². The number of alkyl halides is 4. The third kappa shape index (κ3) is 5.67. The third-order valence-corrected chi connectivity index (χ3v) is 3.82. The van der Waals surface area contributed by atoms with E-state index in [9.17, 15) is 13.2 Å². The zero-order valence-electron chi connectivity index (χ0n) is 13.4. The van der Waals surface area contributed by atoms with E-state index in [1.54, 1.807) is 6.08 Å². The topological polar surface area (TPSA) is 24.1 Å². The van der Waals surface area contributed by atoms with Crippen molar-refractivity contribution in [1.82, 2.24) is 0 Å². The number of hydrogen-bond donors (Lipinski definition) is 2. The zero-order chi connectivity index (χ0) is 18.3. The van der Waals surface area contributed by atoms with Gasteiger partial charge >= 0.3 is 6.18 Å². The fourth-order valence-corrected chi connectivity index (χ4v) is 2.44. The summed E-state index contributed by atoms with van der Waals surface area (Å²) in [6.45, 7) is 4.50. The fraction of sp³-hybridized carbons (Fsp3) is 0.158. The summed E-state index contributed by atoms with van der Waals surface area (Å²) in [5.41, 5.74) is 2.48. The minimum Gasteiger partial charge on any atom is -0.382 e. The monoisotopic (exact) mass is 410 g/mol. The molecular weight excluding hydrogens is 393 g/mol. The molecule has 0 fully saturated rings.